The Labute approximate surface area is 154 Å². The minimum absolute atomic E-state index is 0.00769. The molecule has 0 aliphatic rings. The van der Waals surface area contributed by atoms with Gasteiger partial charge in [0.15, 0.2) is 0 Å². The van der Waals surface area contributed by atoms with Crippen molar-refractivity contribution < 1.29 is 18.0 Å². The number of nitrogens with one attached hydrogen (secondary N) is 2. The molecular formula is C18H19ClF3N3O. The highest BCUT2D eigenvalue weighted by Gasteiger charge is 2.33. The molecule has 4 nitrogen and oxygen atoms in total. The van der Waals surface area contributed by atoms with Crippen molar-refractivity contribution in [1.82, 2.24) is 4.98 Å². The monoisotopic (exact) mass is 385 g/mol. The number of benzene rings is 1. The second kappa shape index (κ2) is 8.40. The molecule has 1 amide bonds. The Morgan fingerprint density at radius 2 is 1.92 bits per heavy atom. The van der Waals surface area contributed by atoms with Crippen LogP contribution in [0.3, 0.4) is 0 Å². The summed E-state index contributed by atoms with van der Waals surface area (Å²) in [6.45, 7) is 4.96. The van der Waals surface area contributed by atoms with Gasteiger partial charge in [0.25, 0.3) is 5.91 Å². The van der Waals surface area contributed by atoms with Gasteiger partial charge in [-0.25, -0.2) is 0 Å². The molecule has 0 fully saturated rings. The van der Waals surface area contributed by atoms with Gasteiger partial charge in [0.1, 0.15) is 5.69 Å². The van der Waals surface area contributed by atoms with Crippen molar-refractivity contribution in [2.45, 2.75) is 26.4 Å². The lowest BCUT2D eigenvalue weighted by molar-refractivity contribution is -0.137. The summed E-state index contributed by atoms with van der Waals surface area (Å²) in [5.74, 6) is -0.0622. The molecule has 140 valence electrons. The van der Waals surface area contributed by atoms with Gasteiger partial charge in [0, 0.05) is 24.1 Å². The number of hydrogen-bond acceptors (Lipinski definition) is 3. The van der Waals surface area contributed by atoms with Crippen LogP contribution in [-0.4, -0.2) is 17.4 Å². The fraction of sp³-hybridized carbons (Fsp3) is 0.333. The summed E-state index contributed by atoms with van der Waals surface area (Å²) in [7, 11) is 0. The summed E-state index contributed by atoms with van der Waals surface area (Å²) in [6.07, 6.45) is -2.17. The van der Waals surface area contributed by atoms with Crippen molar-refractivity contribution in [1.29, 1.82) is 0 Å². The zero-order valence-electron chi connectivity index (χ0n) is 14.3. The molecule has 0 saturated heterocycles. The molecular weight excluding hydrogens is 367 g/mol. The third-order valence-electron chi connectivity index (χ3n) is 3.57. The number of nitrogens with zero attached hydrogens (tertiary/aromatic N) is 1. The van der Waals surface area contributed by atoms with E-state index in [1.165, 1.54) is 12.3 Å². The standard InChI is InChI=1S/C18H19ClF3N3O/c1-11(2)5-7-23-12-6-8-24-16(10-12)17(26)25-13-3-4-15(19)14(9-13)18(20,21)22/h3-4,6,8-11H,5,7H2,1-2H3,(H,23,24)(H,25,26). The molecule has 8 heteroatoms. The summed E-state index contributed by atoms with van der Waals surface area (Å²) in [5.41, 5.74) is -0.193. The summed E-state index contributed by atoms with van der Waals surface area (Å²) in [5, 5.41) is 5.17. The van der Waals surface area contributed by atoms with Crippen molar-refractivity contribution in [3.05, 3.63) is 52.8 Å². The molecule has 0 aliphatic carbocycles. The van der Waals surface area contributed by atoms with E-state index in [9.17, 15) is 18.0 Å². The van der Waals surface area contributed by atoms with E-state index in [1.54, 1.807) is 12.1 Å². The highest BCUT2D eigenvalue weighted by atomic mass is 35.5. The predicted molar refractivity (Wildman–Crippen MR) is 96.6 cm³/mol. The number of rotatable bonds is 6. The predicted octanol–water partition coefficient (Wildman–Crippen LogP) is 5.46. The number of hydrogen-bond donors (Lipinski definition) is 2. The van der Waals surface area contributed by atoms with E-state index in [1.807, 2.05) is 0 Å². The number of carbonyl (C=O) groups is 1. The molecule has 0 saturated carbocycles. The first kappa shape index (κ1) is 20.0. The van der Waals surface area contributed by atoms with E-state index in [0.717, 1.165) is 30.8 Å². The molecule has 2 N–H and O–H groups in total. The lowest BCUT2D eigenvalue weighted by Crippen LogP contribution is -2.15. The Morgan fingerprint density at radius 1 is 1.19 bits per heavy atom. The summed E-state index contributed by atoms with van der Waals surface area (Å²) in [6, 6.07) is 6.47. The molecule has 0 spiro atoms. The smallest absolute Gasteiger partial charge is 0.385 e. The van der Waals surface area contributed by atoms with E-state index in [0.29, 0.717) is 5.92 Å². The fourth-order valence-electron chi connectivity index (χ4n) is 2.19. The van der Waals surface area contributed by atoms with E-state index in [-0.39, 0.29) is 11.4 Å². The Kier molecular flexibility index (Phi) is 6.47. The zero-order valence-corrected chi connectivity index (χ0v) is 15.1. The second-order valence-electron chi connectivity index (χ2n) is 6.19. The number of amides is 1. The van der Waals surface area contributed by atoms with Crippen LogP contribution in [0.15, 0.2) is 36.5 Å². The maximum atomic E-state index is 12.9. The molecule has 1 aromatic heterocycles. The van der Waals surface area contributed by atoms with Gasteiger partial charge in [-0.3, -0.25) is 9.78 Å². The van der Waals surface area contributed by atoms with Gasteiger partial charge in [-0.2, -0.15) is 13.2 Å². The van der Waals surface area contributed by atoms with E-state index < -0.39 is 22.7 Å². The number of anilines is 2. The molecule has 0 radical (unpaired) electrons. The average Bonchev–Trinajstić information content (AvgIpc) is 2.55. The van der Waals surface area contributed by atoms with Crippen molar-refractivity contribution in [3.8, 4) is 0 Å². The lowest BCUT2D eigenvalue weighted by Gasteiger charge is -2.12. The van der Waals surface area contributed by atoms with E-state index in [4.69, 9.17) is 11.6 Å². The molecule has 26 heavy (non-hydrogen) atoms. The Balaban J connectivity index is 2.10. The number of alkyl halides is 3. The van der Waals surface area contributed by atoms with Crippen molar-refractivity contribution in [2.24, 2.45) is 5.92 Å². The maximum Gasteiger partial charge on any atom is 0.417 e. The van der Waals surface area contributed by atoms with Crippen LogP contribution in [0.5, 0.6) is 0 Å². The van der Waals surface area contributed by atoms with Crippen molar-refractivity contribution in [3.63, 3.8) is 0 Å². The summed E-state index contributed by atoms with van der Waals surface area (Å²) >= 11 is 5.57. The van der Waals surface area contributed by atoms with Crippen LogP contribution in [0, 0.1) is 5.92 Å². The molecule has 1 aromatic carbocycles. The molecule has 0 bridgehead atoms. The van der Waals surface area contributed by atoms with Gasteiger partial charge in [-0.05, 0) is 42.7 Å². The second-order valence-corrected chi connectivity index (χ2v) is 6.59. The Bertz CT molecular complexity index is 779. The largest absolute Gasteiger partial charge is 0.417 e. The summed E-state index contributed by atoms with van der Waals surface area (Å²) in [4.78, 5) is 16.2. The van der Waals surface area contributed by atoms with Crippen LogP contribution < -0.4 is 10.6 Å². The van der Waals surface area contributed by atoms with E-state index in [2.05, 4.69) is 29.5 Å². The van der Waals surface area contributed by atoms with Crippen LogP contribution >= 0.6 is 11.6 Å². The highest BCUT2D eigenvalue weighted by Crippen LogP contribution is 2.36. The van der Waals surface area contributed by atoms with Crippen molar-refractivity contribution >= 4 is 28.9 Å². The quantitative estimate of drug-likeness (QED) is 0.693. The molecule has 0 atom stereocenters. The number of pyridine rings is 1. The number of aromatic nitrogens is 1. The molecule has 2 aromatic rings. The van der Waals surface area contributed by atoms with Crippen LogP contribution in [0.4, 0.5) is 24.5 Å². The van der Waals surface area contributed by atoms with Crippen LogP contribution in [-0.2, 0) is 6.18 Å². The Morgan fingerprint density at radius 3 is 2.58 bits per heavy atom. The normalized spacial score (nSPS) is 11.5. The number of halogens is 4. The lowest BCUT2D eigenvalue weighted by atomic mass is 10.1. The topological polar surface area (TPSA) is 54.0 Å². The minimum Gasteiger partial charge on any atom is -0.385 e. The van der Waals surface area contributed by atoms with Gasteiger partial charge < -0.3 is 10.6 Å². The van der Waals surface area contributed by atoms with E-state index >= 15 is 0 Å². The Hall–Kier alpha value is -2.28. The van der Waals surface area contributed by atoms with Crippen LogP contribution in [0.1, 0.15) is 36.3 Å². The fourth-order valence-corrected chi connectivity index (χ4v) is 2.41. The van der Waals surface area contributed by atoms with Gasteiger partial charge in [-0.15, -0.1) is 0 Å². The van der Waals surface area contributed by atoms with Gasteiger partial charge in [-0.1, -0.05) is 25.4 Å². The van der Waals surface area contributed by atoms with Crippen LogP contribution in [0.2, 0.25) is 5.02 Å². The molecule has 0 unspecified atom stereocenters. The SMILES string of the molecule is CC(C)CCNc1ccnc(C(=O)Nc2ccc(Cl)c(C(F)(F)F)c2)c1. The molecule has 1 heterocycles. The van der Waals surface area contributed by atoms with Crippen LogP contribution in [0.25, 0.3) is 0 Å². The minimum atomic E-state index is -4.60. The summed E-state index contributed by atoms with van der Waals surface area (Å²) < 4.78 is 38.7. The first-order valence-electron chi connectivity index (χ1n) is 8.05. The molecule has 0 aliphatic heterocycles. The first-order chi connectivity index (χ1) is 12.2. The third kappa shape index (κ3) is 5.62. The average molecular weight is 386 g/mol. The maximum absolute atomic E-state index is 12.9. The van der Waals surface area contributed by atoms with Gasteiger partial charge in [0.05, 0.1) is 10.6 Å². The third-order valence-corrected chi connectivity index (χ3v) is 3.90. The van der Waals surface area contributed by atoms with Gasteiger partial charge in [0.2, 0.25) is 0 Å². The zero-order chi connectivity index (χ0) is 19.3. The molecule has 2 rings (SSSR count). The van der Waals surface area contributed by atoms with Gasteiger partial charge >= 0.3 is 6.18 Å². The van der Waals surface area contributed by atoms with Crippen molar-refractivity contribution in [2.75, 3.05) is 17.2 Å². The highest BCUT2D eigenvalue weighted by molar-refractivity contribution is 6.31. The first-order valence-corrected chi connectivity index (χ1v) is 8.42. The number of carbonyl (C=O) groups excluding carboxylic acids is 1.